The van der Waals surface area contributed by atoms with Gasteiger partial charge in [-0.15, -0.1) is 11.3 Å². The minimum Gasteiger partial charge on any atom is -0.497 e. The van der Waals surface area contributed by atoms with Gasteiger partial charge in [-0.25, -0.2) is 0 Å². The molecule has 1 saturated carbocycles. The Kier molecular flexibility index (Phi) is 5.41. The molecule has 4 nitrogen and oxygen atoms in total. The standard InChI is InChI=1S/C19H25N3OS/c1-23-16-9-7-15(8-10-16)22-18(20)21-14-19(11-3-2-4-12-19)17-6-5-13-24-17/h5-10,13H,2-4,11-12,14H2,1H3,(H3,20,21,22). The topological polar surface area (TPSA) is 59.6 Å². The minimum atomic E-state index is 0.165. The van der Waals surface area contributed by atoms with Gasteiger partial charge < -0.3 is 15.8 Å². The van der Waals surface area contributed by atoms with Gasteiger partial charge in [0.05, 0.1) is 13.7 Å². The van der Waals surface area contributed by atoms with Gasteiger partial charge in [-0.3, -0.25) is 4.99 Å². The van der Waals surface area contributed by atoms with Crippen LogP contribution >= 0.6 is 11.3 Å². The van der Waals surface area contributed by atoms with Gasteiger partial charge in [-0.1, -0.05) is 25.3 Å². The van der Waals surface area contributed by atoms with E-state index in [1.807, 2.05) is 35.6 Å². The third-order valence-corrected chi connectivity index (χ3v) is 5.89. The number of anilines is 1. The quantitative estimate of drug-likeness (QED) is 0.625. The summed E-state index contributed by atoms with van der Waals surface area (Å²) >= 11 is 1.84. The molecule has 3 rings (SSSR count). The van der Waals surface area contributed by atoms with E-state index >= 15 is 0 Å². The first-order valence-electron chi connectivity index (χ1n) is 8.47. The Morgan fingerprint density at radius 2 is 1.96 bits per heavy atom. The van der Waals surface area contributed by atoms with Gasteiger partial charge >= 0.3 is 0 Å². The molecule has 1 fully saturated rings. The first kappa shape index (κ1) is 16.8. The number of hydrogen-bond acceptors (Lipinski definition) is 3. The molecule has 1 heterocycles. The zero-order valence-electron chi connectivity index (χ0n) is 14.1. The lowest BCUT2D eigenvalue weighted by atomic mass is 9.73. The van der Waals surface area contributed by atoms with E-state index in [0.29, 0.717) is 5.96 Å². The predicted molar refractivity (Wildman–Crippen MR) is 102 cm³/mol. The van der Waals surface area contributed by atoms with Crippen LogP contribution in [0.3, 0.4) is 0 Å². The summed E-state index contributed by atoms with van der Waals surface area (Å²) in [5, 5.41) is 5.33. The largest absolute Gasteiger partial charge is 0.497 e. The summed E-state index contributed by atoms with van der Waals surface area (Å²) in [6.07, 6.45) is 6.29. The second kappa shape index (κ2) is 7.71. The molecule has 1 aromatic heterocycles. The average Bonchev–Trinajstić information content (AvgIpc) is 3.17. The molecule has 2 aromatic rings. The fourth-order valence-electron chi connectivity index (χ4n) is 3.39. The summed E-state index contributed by atoms with van der Waals surface area (Å²) in [6.45, 7) is 0.752. The van der Waals surface area contributed by atoms with Crippen LogP contribution in [0.1, 0.15) is 37.0 Å². The van der Waals surface area contributed by atoms with Crippen molar-refractivity contribution in [2.75, 3.05) is 19.0 Å². The molecular formula is C19H25N3OS. The van der Waals surface area contributed by atoms with Crippen molar-refractivity contribution in [2.45, 2.75) is 37.5 Å². The van der Waals surface area contributed by atoms with Crippen LogP contribution in [0, 0.1) is 0 Å². The molecule has 0 atom stereocenters. The lowest BCUT2D eigenvalue weighted by molar-refractivity contribution is 0.307. The number of aliphatic imine (C=N–C) groups is 1. The Hall–Kier alpha value is -2.01. The number of nitrogens with zero attached hydrogens (tertiary/aromatic N) is 1. The van der Waals surface area contributed by atoms with Crippen molar-refractivity contribution in [3.05, 3.63) is 46.7 Å². The van der Waals surface area contributed by atoms with Crippen molar-refractivity contribution in [1.82, 2.24) is 0 Å². The molecular weight excluding hydrogens is 318 g/mol. The van der Waals surface area contributed by atoms with Crippen LogP contribution < -0.4 is 15.8 Å². The van der Waals surface area contributed by atoms with Crippen molar-refractivity contribution in [3.63, 3.8) is 0 Å². The number of nitrogens with one attached hydrogen (secondary N) is 1. The summed E-state index contributed by atoms with van der Waals surface area (Å²) in [7, 11) is 1.66. The van der Waals surface area contributed by atoms with Gasteiger partial charge in [0.15, 0.2) is 5.96 Å². The van der Waals surface area contributed by atoms with Gasteiger partial charge in [0.1, 0.15) is 5.75 Å². The van der Waals surface area contributed by atoms with Crippen LogP contribution in [0.15, 0.2) is 46.8 Å². The van der Waals surface area contributed by atoms with Crippen molar-refractivity contribution < 1.29 is 4.74 Å². The SMILES string of the molecule is COc1ccc(NC(N)=NCC2(c3cccs3)CCCCC2)cc1. The van der Waals surface area contributed by atoms with E-state index in [1.165, 1.54) is 37.0 Å². The molecule has 1 aromatic carbocycles. The molecule has 0 bridgehead atoms. The van der Waals surface area contributed by atoms with Gasteiger partial charge in [0.2, 0.25) is 0 Å². The molecule has 0 saturated heterocycles. The van der Waals surface area contributed by atoms with E-state index in [1.54, 1.807) is 7.11 Å². The van der Waals surface area contributed by atoms with E-state index in [4.69, 9.17) is 10.5 Å². The molecule has 128 valence electrons. The average molecular weight is 343 g/mol. The van der Waals surface area contributed by atoms with Crippen molar-refractivity contribution in [2.24, 2.45) is 10.7 Å². The first-order valence-corrected chi connectivity index (χ1v) is 9.35. The van der Waals surface area contributed by atoms with Gasteiger partial charge in [-0.05, 0) is 48.6 Å². The van der Waals surface area contributed by atoms with Crippen molar-refractivity contribution in [3.8, 4) is 5.75 Å². The Balaban J connectivity index is 1.69. The van der Waals surface area contributed by atoms with Crippen molar-refractivity contribution >= 4 is 23.0 Å². The van der Waals surface area contributed by atoms with E-state index < -0.39 is 0 Å². The lowest BCUT2D eigenvalue weighted by Gasteiger charge is -2.35. The normalized spacial score (nSPS) is 17.5. The number of hydrogen-bond donors (Lipinski definition) is 2. The number of guanidine groups is 1. The summed E-state index contributed by atoms with van der Waals surface area (Å²) in [6, 6.07) is 12.1. The molecule has 1 aliphatic carbocycles. The number of methoxy groups -OCH3 is 1. The Labute approximate surface area is 147 Å². The van der Waals surface area contributed by atoms with Crippen LogP contribution in [-0.2, 0) is 5.41 Å². The van der Waals surface area contributed by atoms with E-state index in [0.717, 1.165) is 18.0 Å². The second-order valence-electron chi connectivity index (χ2n) is 6.37. The second-order valence-corrected chi connectivity index (χ2v) is 7.32. The van der Waals surface area contributed by atoms with Crippen molar-refractivity contribution in [1.29, 1.82) is 0 Å². The summed E-state index contributed by atoms with van der Waals surface area (Å²) in [5.74, 6) is 1.30. The number of ether oxygens (including phenoxy) is 1. The number of thiophene rings is 1. The third kappa shape index (κ3) is 3.90. The highest BCUT2D eigenvalue weighted by Crippen LogP contribution is 2.41. The zero-order chi connectivity index (χ0) is 16.8. The summed E-state index contributed by atoms with van der Waals surface area (Å²) < 4.78 is 5.17. The summed E-state index contributed by atoms with van der Waals surface area (Å²) in [5.41, 5.74) is 7.20. The Bertz CT molecular complexity index is 658. The highest BCUT2D eigenvalue weighted by atomic mass is 32.1. The molecule has 0 unspecified atom stereocenters. The van der Waals surface area contributed by atoms with Gasteiger partial charge in [-0.2, -0.15) is 0 Å². The zero-order valence-corrected chi connectivity index (χ0v) is 14.9. The number of benzene rings is 1. The first-order chi connectivity index (χ1) is 11.7. The fraction of sp³-hybridized carbons (Fsp3) is 0.421. The maximum atomic E-state index is 6.12. The Morgan fingerprint density at radius 3 is 2.58 bits per heavy atom. The number of rotatable bonds is 5. The highest BCUT2D eigenvalue weighted by molar-refractivity contribution is 7.10. The highest BCUT2D eigenvalue weighted by Gasteiger charge is 2.34. The predicted octanol–water partition coefficient (Wildman–Crippen LogP) is 4.39. The molecule has 0 aliphatic heterocycles. The molecule has 1 aliphatic rings. The van der Waals surface area contributed by atoms with Gasteiger partial charge in [0.25, 0.3) is 0 Å². The third-order valence-electron chi connectivity index (χ3n) is 4.77. The maximum Gasteiger partial charge on any atom is 0.193 e. The molecule has 0 radical (unpaired) electrons. The number of nitrogens with two attached hydrogens (primary N) is 1. The van der Waals surface area contributed by atoms with E-state index in [9.17, 15) is 0 Å². The van der Waals surface area contributed by atoms with E-state index in [2.05, 4.69) is 27.8 Å². The fourth-order valence-corrected chi connectivity index (χ4v) is 4.37. The minimum absolute atomic E-state index is 0.165. The van der Waals surface area contributed by atoms with Crippen LogP contribution in [0.5, 0.6) is 5.75 Å². The van der Waals surface area contributed by atoms with Crippen LogP contribution in [0.4, 0.5) is 5.69 Å². The maximum absolute atomic E-state index is 6.12. The molecule has 0 amide bonds. The molecule has 24 heavy (non-hydrogen) atoms. The summed E-state index contributed by atoms with van der Waals surface area (Å²) in [4.78, 5) is 6.12. The Morgan fingerprint density at radius 1 is 1.21 bits per heavy atom. The van der Waals surface area contributed by atoms with E-state index in [-0.39, 0.29) is 5.41 Å². The molecule has 0 spiro atoms. The monoisotopic (exact) mass is 343 g/mol. The molecule has 5 heteroatoms. The van der Waals surface area contributed by atoms with Crippen LogP contribution in [0.2, 0.25) is 0 Å². The lowest BCUT2D eigenvalue weighted by Crippen LogP contribution is -2.33. The van der Waals surface area contributed by atoms with Crippen LogP contribution in [0.25, 0.3) is 0 Å². The van der Waals surface area contributed by atoms with Crippen LogP contribution in [-0.4, -0.2) is 19.6 Å². The van der Waals surface area contributed by atoms with Gasteiger partial charge in [0, 0.05) is 16.0 Å². The molecule has 3 N–H and O–H groups in total. The smallest absolute Gasteiger partial charge is 0.193 e.